The molecule has 0 spiro atoms. The Kier molecular flexibility index (Phi) is 7.37. The van der Waals surface area contributed by atoms with Gasteiger partial charge in [-0.2, -0.15) is 18.0 Å². The van der Waals surface area contributed by atoms with Crippen molar-refractivity contribution < 1.29 is 32.5 Å². The monoisotopic (exact) mass is 385 g/mol. The molecule has 10 heteroatoms. The molecule has 0 aliphatic carbocycles. The van der Waals surface area contributed by atoms with Crippen molar-refractivity contribution in [2.24, 2.45) is 0 Å². The highest BCUT2D eigenvalue weighted by Crippen LogP contribution is 2.34. The van der Waals surface area contributed by atoms with Crippen LogP contribution in [0.25, 0.3) is 0 Å². The fourth-order valence-corrected chi connectivity index (χ4v) is 3.23. The van der Waals surface area contributed by atoms with E-state index in [1.54, 1.807) is 20.8 Å². The number of nitrogens with zero attached hydrogens (tertiary/aromatic N) is 2. The van der Waals surface area contributed by atoms with Crippen LogP contribution in [0, 0.1) is 0 Å². The highest BCUT2D eigenvalue weighted by molar-refractivity contribution is 8.14. The molecule has 0 unspecified atom stereocenters. The van der Waals surface area contributed by atoms with Gasteiger partial charge in [0.25, 0.3) is 0 Å². The molecule has 0 aromatic heterocycles. The van der Waals surface area contributed by atoms with Gasteiger partial charge in [-0.25, -0.2) is 4.67 Å². The Morgan fingerprint density at radius 3 is 2.48 bits per heavy atom. The van der Waals surface area contributed by atoms with Gasteiger partial charge in [-0.15, -0.1) is 4.90 Å². The highest BCUT2D eigenvalue weighted by Gasteiger charge is 2.40. The number of aliphatic hydroxyl groups is 1. The average Bonchev–Trinajstić information content (AvgIpc) is 2.39. The van der Waals surface area contributed by atoms with Crippen molar-refractivity contribution in [1.29, 1.82) is 0 Å². The van der Waals surface area contributed by atoms with E-state index < -0.39 is 41.9 Å². The molecule has 1 amide bonds. The molecular weight excluding hydrogens is 361 g/mol. The first-order valence-corrected chi connectivity index (χ1v) is 8.56. The largest absolute Gasteiger partial charge is 0.508 e. The lowest BCUT2D eigenvalue weighted by Gasteiger charge is -2.32. The SMILES string of the molecule is C=[N+]=C(S[C@@H]1C[C@@H](O)C[C@@H](CC(F)(F)F)O1)N(C)C(=O)OC(C)(C)C. The smallest absolute Gasteiger partial charge is 0.425 e. The number of amides is 1. The first kappa shape index (κ1) is 21.8. The molecule has 3 atom stereocenters. The number of alkyl halides is 3. The van der Waals surface area contributed by atoms with Crippen molar-refractivity contribution in [1.82, 2.24) is 9.57 Å². The Morgan fingerprint density at radius 1 is 1.40 bits per heavy atom. The quantitative estimate of drug-likeness (QED) is 0.449. The minimum absolute atomic E-state index is 0.0880. The van der Waals surface area contributed by atoms with Crippen LogP contribution >= 0.6 is 11.8 Å². The summed E-state index contributed by atoms with van der Waals surface area (Å²) in [5.74, 6) is 0. The number of rotatable bonds is 2. The van der Waals surface area contributed by atoms with Crippen LogP contribution < -0.4 is 4.67 Å². The molecule has 1 saturated heterocycles. The second-order valence-corrected chi connectivity index (χ2v) is 7.86. The minimum Gasteiger partial charge on any atom is -0.425 e. The summed E-state index contributed by atoms with van der Waals surface area (Å²) >= 11 is 0.925. The van der Waals surface area contributed by atoms with Gasteiger partial charge in [-0.1, -0.05) is 0 Å². The number of thioether (sulfide) groups is 1. The third-order valence-electron chi connectivity index (χ3n) is 3.13. The molecule has 0 bridgehead atoms. The first-order chi connectivity index (χ1) is 11.3. The molecule has 1 N–H and O–H groups in total. The van der Waals surface area contributed by atoms with Gasteiger partial charge in [0.1, 0.15) is 11.0 Å². The van der Waals surface area contributed by atoms with Gasteiger partial charge in [0.05, 0.1) is 25.7 Å². The van der Waals surface area contributed by atoms with Gasteiger partial charge in [0, 0.05) is 24.6 Å². The van der Waals surface area contributed by atoms with E-state index in [2.05, 4.69) is 11.4 Å². The summed E-state index contributed by atoms with van der Waals surface area (Å²) in [5, 5.41) is 9.94. The second-order valence-electron chi connectivity index (χ2n) is 6.73. The van der Waals surface area contributed by atoms with E-state index in [1.807, 2.05) is 0 Å². The molecular formula is C15H24F3N2O4S+. The van der Waals surface area contributed by atoms with E-state index in [1.165, 1.54) is 7.05 Å². The van der Waals surface area contributed by atoms with E-state index in [9.17, 15) is 23.1 Å². The number of amidine groups is 1. The van der Waals surface area contributed by atoms with Gasteiger partial charge in [-0.3, -0.25) is 0 Å². The number of aliphatic hydroxyl groups excluding tert-OH is 1. The van der Waals surface area contributed by atoms with Gasteiger partial charge in [0.15, 0.2) is 6.72 Å². The zero-order chi connectivity index (χ0) is 19.4. The van der Waals surface area contributed by atoms with E-state index >= 15 is 0 Å². The van der Waals surface area contributed by atoms with Gasteiger partial charge < -0.3 is 14.6 Å². The first-order valence-electron chi connectivity index (χ1n) is 7.68. The van der Waals surface area contributed by atoms with Crippen LogP contribution in [0.2, 0.25) is 0 Å². The summed E-state index contributed by atoms with van der Waals surface area (Å²) in [4.78, 5) is 13.2. The van der Waals surface area contributed by atoms with Crippen molar-refractivity contribution >= 4 is 29.7 Å². The van der Waals surface area contributed by atoms with Crippen LogP contribution in [-0.2, 0) is 9.47 Å². The van der Waals surface area contributed by atoms with Gasteiger partial charge in [0.2, 0.25) is 0 Å². The summed E-state index contributed by atoms with van der Waals surface area (Å²) in [6.07, 6.45) is -8.22. The predicted octanol–water partition coefficient (Wildman–Crippen LogP) is 2.53. The van der Waals surface area contributed by atoms with E-state index in [-0.39, 0.29) is 18.0 Å². The van der Waals surface area contributed by atoms with Crippen LogP contribution in [0.4, 0.5) is 18.0 Å². The van der Waals surface area contributed by atoms with E-state index in [0.29, 0.717) is 0 Å². The van der Waals surface area contributed by atoms with Gasteiger partial charge >= 0.3 is 17.4 Å². The van der Waals surface area contributed by atoms with Crippen LogP contribution in [0.15, 0.2) is 0 Å². The fraction of sp³-hybridized carbons (Fsp3) is 0.800. The Balaban J connectivity index is 2.73. The number of ether oxygens (including phenoxy) is 2. The lowest BCUT2D eigenvalue weighted by atomic mass is 10.0. The number of carbonyl (C=O) groups is 1. The Bertz CT molecular complexity index is 530. The summed E-state index contributed by atoms with van der Waals surface area (Å²) in [7, 11) is 1.41. The molecule has 1 rings (SSSR count). The maximum atomic E-state index is 12.5. The topological polar surface area (TPSA) is 73.1 Å². The zero-order valence-corrected chi connectivity index (χ0v) is 15.5. The predicted molar refractivity (Wildman–Crippen MR) is 90.4 cm³/mol. The van der Waals surface area contributed by atoms with Crippen molar-refractivity contribution in [2.45, 2.75) is 69.5 Å². The number of hydrogen-bond donors (Lipinski definition) is 1. The van der Waals surface area contributed by atoms with E-state index in [4.69, 9.17) is 9.47 Å². The summed E-state index contributed by atoms with van der Waals surface area (Å²) in [6, 6.07) is 0. The molecule has 1 aliphatic heterocycles. The van der Waals surface area contributed by atoms with Crippen LogP contribution in [0.1, 0.15) is 40.0 Å². The lowest BCUT2D eigenvalue weighted by Crippen LogP contribution is -2.41. The molecule has 0 saturated carbocycles. The Hall–Kier alpha value is -1.22. The molecule has 1 fully saturated rings. The Morgan fingerprint density at radius 2 is 2.00 bits per heavy atom. The zero-order valence-electron chi connectivity index (χ0n) is 14.7. The molecule has 1 aliphatic rings. The standard InChI is InChI=1S/C15H24F3N2O4S/c1-14(2,3)24-13(22)20(5)12(19-4)25-11-7-9(21)6-10(23-11)8-15(16,17)18/h9-11,21H,4,6-8H2,1-3,5H3/q+1/t9-,10-,11+/m0/s1. The number of halogens is 3. The summed E-state index contributed by atoms with van der Waals surface area (Å²) < 4.78 is 52.0. The lowest BCUT2D eigenvalue weighted by molar-refractivity contribution is -0.175. The van der Waals surface area contributed by atoms with Crippen molar-refractivity contribution in [3.05, 3.63) is 0 Å². The maximum absolute atomic E-state index is 12.5. The van der Waals surface area contributed by atoms with Crippen molar-refractivity contribution in [3.63, 3.8) is 0 Å². The normalized spacial score (nSPS) is 24.4. The molecule has 25 heavy (non-hydrogen) atoms. The molecule has 1 heterocycles. The van der Waals surface area contributed by atoms with Crippen molar-refractivity contribution in [3.8, 4) is 0 Å². The average molecular weight is 385 g/mol. The highest BCUT2D eigenvalue weighted by atomic mass is 32.2. The molecule has 6 nitrogen and oxygen atoms in total. The third-order valence-corrected chi connectivity index (χ3v) is 4.31. The summed E-state index contributed by atoms with van der Waals surface area (Å²) in [5.41, 5.74) is -1.49. The number of carbonyl (C=O) groups excluding carboxylic acids is 1. The minimum atomic E-state index is -4.38. The molecule has 0 radical (unpaired) electrons. The van der Waals surface area contributed by atoms with Crippen LogP contribution in [0.5, 0.6) is 0 Å². The molecule has 0 aromatic carbocycles. The fourth-order valence-electron chi connectivity index (χ4n) is 2.16. The molecule has 144 valence electrons. The summed E-state index contributed by atoms with van der Waals surface area (Å²) in [6.45, 7) is 8.48. The molecule has 0 aromatic rings. The Labute approximate surface area is 149 Å². The van der Waals surface area contributed by atoms with Crippen molar-refractivity contribution in [2.75, 3.05) is 7.05 Å². The van der Waals surface area contributed by atoms with E-state index in [0.717, 1.165) is 16.7 Å². The number of hydrogen-bond acceptors (Lipinski definition) is 5. The van der Waals surface area contributed by atoms with Crippen LogP contribution in [0.3, 0.4) is 0 Å². The maximum Gasteiger partial charge on any atom is 0.508 e. The third kappa shape index (κ3) is 8.13. The second kappa shape index (κ2) is 8.44. The van der Waals surface area contributed by atoms with Gasteiger partial charge in [-0.05, 0) is 20.8 Å². The van der Waals surface area contributed by atoms with Crippen LogP contribution in [-0.4, -0.2) is 64.5 Å².